The Labute approximate surface area is 55.0 Å². The van der Waals surface area contributed by atoms with E-state index in [1.807, 2.05) is 0 Å². The summed E-state index contributed by atoms with van der Waals surface area (Å²) in [5.41, 5.74) is 0. The van der Waals surface area contributed by atoms with E-state index in [1.54, 1.807) is 0 Å². The lowest BCUT2D eigenvalue weighted by Crippen LogP contribution is -1.92. The minimum absolute atomic E-state index is 0.290. The summed E-state index contributed by atoms with van der Waals surface area (Å²) in [6.45, 7) is 0. The lowest BCUT2D eigenvalue weighted by Gasteiger charge is -1.76. The molecule has 1 aromatic rings. The smallest absolute Gasteiger partial charge is 0.234 e. The molecule has 0 radical (unpaired) electrons. The van der Waals surface area contributed by atoms with Crippen molar-refractivity contribution >= 4 is 18.0 Å². The Hall–Kier alpha value is -0.900. The Kier molecular flexibility index (Phi) is 1.48. The first-order chi connectivity index (χ1) is 4.24. The fraction of sp³-hybridized carbons (Fsp3) is 0. The van der Waals surface area contributed by atoms with Gasteiger partial charge in [-0.25, -0.2) is 9.07 Å². The third kappa shape index (κ3) is 1.08. The van der Waals surface area contributed by atoms with E-state index in [0.29, 0.717) is 6.41 Å². The molecule has 0 fully saturated rings. The molecule has 5 heteroatoms. The van der Waals surface area contributed by atoms with Crippen LogP contribution in [0, 0.1) is 5.82 Å². The summed E-state index contributed by atoms with van der Waals surface area (Å²) < 4.78 is 12.9. The van der Waals surface area contributed by atoms with Gasteiger partial charge in [-0.15, -0.1) is 0 Å². The SMILES string of the molecule is O=Cn1cc(F)c(Cl)n1. The molecule has 0 spiro atoms. The molecular formula is C4H2ClFN2O. The van der Waals surface area contributed by atoms with Crippen LogP contribution < -0.4 is 0 Å². The van der Waals surface area contributed by atoms with E-state index in [9.17, 15) is 9.18 Å². The molecule has 1 rings (SSSR count). The number of rotatable bonds is 1. The van der Waals surface area contributed by atoms with Gasteiger partial charge in [0.05, 0.1) is 6.20 Å². The fourth-order valence-corrected chi connectivity index (χ4v) is 0.537. The van der Waals surface area contributed by atoms with Crippen molar-refractivity contribution in [3.63, 3.8) is 0 Å². The van der Waals surface area contributed by atoms with Crippen molar-refractivity contribution < 1.29 is 9.18 Å². The predicted molar refractivity (Wildman–Crippen MR) is 29.3 cm³/mol. The quantitative estimate of drug-likeness (QED) is 0.550. The first-order valence-corrected chi connectivity index (χ1v) is 2.47. The molecule has 0 aromatic carbocycles. The van der Waals surface area contributed by atoms with Gasteiger partial charge in [0.25, 0.3) is 0 Å². The Morgan fingerprint density at radius 1 is 1.89 bits per heavy atom. The maximum atomic E-state index is 12.2. The number of hydrogen-bond donors (Lipinski definition) is 0. The molecule has 3 nitrogen and oxygen atoms in total. The standard InChI is InChI=1S/C4H2ClFN2O/c5-4-3(6)1-8(2-9)7-4/h1-2H. The van der Waals surface area contributed by atoms with Crippen LogP contribution in [0.4, 0.5) is 4.39 Å². The molecule has 9 heavy (non-hydrogen) atoms. The lowest BCUT2D eigenvalue weighted by atomic mass is 10.7. The van der Waals surface area contributed by atoms with Crippen molar-refractivity contribution in [1.82, 2.24) is 9.78 Å². The largest absolute Gasteiger partial charge is 0.276 e. The van der Waals surface area contributed by atoms with E-state index >= 15 is 0 Å². The van der Waals surface area contributed by atoms with Gasteiger partial charge < -0.3 is 0 Å². The molecule has 48 valence electrons. The highest BCUT2D eigenvalue weighted by molar-refractivity contribution is 6.29. The van der Waals surface area contributed by atoms with Crippen LogP contribution >= 0.6 is 11.6 Å². The maximum Gasteiger partial charge on any atom is 0.234 e. The lowest BCUT2D eigenvalue weighted by molar-refractivity contribution is 0.539. The van der Waals surface area contributed by atoms with Crippen molar-refractivity contribution in [3.8, 4) is 0 Å². The predicted octanol–water partition coefficient (Wildman–Crippen LogP) is 0.714. The Morgan fingerprint density at radius 3 is 2.78 bits per heavy atom. The zero-order valence-electron chi connectivity index (χ0n) is 4.21. The molecule has 0 saturated carbocycles. The topological polar surface area (TPSA) is 34.9 Å². The van der Waals surface area contributed by atoms with Crippen LogP contribution in [0.1, 0.15) is 0 Å². The fourth-order valence-electron chi connectivity index (χ4n) is 0.401. The van der Waals surface area contributed by atoms with E-state index in [1.165, 1.54) is 0 Å². The van der Waals surface area contributed by atoms with Crippen LogP contribution in [0.3, 0.4) is 0 Å². The van der Waals surface area contributed by atoms with Gasteiger partial charge in [-0.2, -0.15) is 5.10 Å². The highest BCUT2D eigenvalue weighted by atomic mass is 35.5. The number of nitrogens with zero attached hydrogens (tertiary/aromatic N) is 2. The van der Waals surface area contributed by atoms with Gasteiger partial charge in [-0.3, -0.25) is 4.79 Å². The van der Waals surface area contributed by atoms with Gasteiger partial charge in [0, 0.05) is 0 Å². The van der Waals surface area contributed by atoms with E-state index < -0.39 is 5.82 Å². The van der Waals surface area contributed by atoms with Crippen LogP contribution in [0.15, 0.2) is 6.20 Å². The first kappa shape index (κ1) is 6.22. The number of aromatic nitrogens is 2. The molecule has 0 N–H and O–H groups in total. The third-order valence-electron chi connectivity index (χ3n) is 0.754. The third-order valence-corrected chi connectivity index (χ3v) is 1.01. The van der Waals surface area contributed by atoms with E-state index in [0.717, 1.165) is 10.9 Å². The second-order valence-electron chi connectivity index (χ2n) is 1.35. The summed E-state index contributed by atoms with van der Waals surface area (Å²) in [6.07, 6.45) is 1.25. The van der Waals surface area contributed by atoms with Crippen LogP contribution in [0.25, 0.3) is 0 Å². The Bertz CT molecular complexity index is 215. The molecule has 0 aliphatic carbocycles. The Morgan fingerprint density at radius 2 is 2.56 bits per heavy atom. The number of carbonyl (C=O) groups is 1. The molecule has 0 unspecified atom stereocenters. The van der Waals surface area contributed by atoms with Crippen LogP contribution in [-0.4, -0.2) is 16.2 Å². The van der Waals surface area contributed by atoms with Gasteiger partial charge in [0.1, 0.15) is 0 Å². The van der Waals surface area contributed by atoms with Gasteiger partial charge in [0.15, 0.2) is 11.0 Å². The van der Waals surface area contributed by atoms with Crippen molar-refractivity contribution in [2.45, 2.75) is 0 Å². The summed E-state index contributed by atoms with van der Waals surface area (Å²) >= 11 is 5.14. The van der Waals surface area contributed by atoms with Crippen molar-refractivity contribution in [1.29, 1.82) is 0 Å². The van der Waals surface area contributed by atoms with Crippen molar-refractivity contribution in [2.75, 3.05) is 0 Å². The van der Waals surface area contributed by atoms with Gasteiger partial charge in [-0.05, 0) is 0 Å². The molecule has 1 aromatic heterocycles. The van der Waals surface area contributed by atoms with Crippen LogP contribution in [0.2, 0.25) is 5.15 Å². The average Bonchev–Trinajstić information content (AvgIpc) is 2.13. The summed E-state index contributed by atoms with van der Waals surface area (Å²) in [7, 11) is 0. The van der Waals surface area contributed by atoms with Crippen LogP contribution in [0.5, 0.6) is 0 Å². The molecule has 0 saturated heterocycles. The zero-order chi connectivity index (χ0) is 6.85. The highest BCUT2D eigenvalue weighted by Gasteiger charge is 2.02. The Balaban J connectivity index is 3.11. The highest BCUT2D eigenvalue weighted by Crippen LogP contribution is 2.08. The average molecular weight is 149 g/mol. The molecule has 1 heterocycles. The van der Waals surface area contributed by atoms with E-state index in [2.05, 4.69) is 5.10 Å². The van der Waals surface area contributed by atoms with Crippen molar-refractivity contribution in [2.24, 2.45) is 0 Å². The first-order valence-electron chi connectivity index (χ1n) is 2.09. The molecular weight excluding hydrogens is 147 g/mol. The van der Waals surface area contributed by atoms with Gasteiger partial charge >= 0.3 is 0 Å². The normalized spacial score (nSPS) is 9.56. The second-order valence-corrected chi connectivity index (χ2v) is 1.71. The zero-order valence-corrected chi connectivity index (χ0v) is 4.97. The van der Waals surface area contributed by atoms with Gasteiger partial charge in [-0.1, -0.05) is 11.6 Å². The van der Waals surface area contributed by atoms with Crippen molar-refractivity contribution in [3.05, 3.63) is 17.2 Å². The second kappa shape index (κ2) is 2.14. The van der Waals surface area contributed by atoms with E-state index in [4.69, 9.17) is 11.6 Å². The molecule has 0 atom stereocenters. The van der Waals surface area contributed by atoms with E-state index in [-0.39, 0.29) is 5.15 Å². The minimum Gasteiger partial charge on any atom is -0.276 e. The molecule has 0 amide bonds. The van der Waals surface area contributed by atoms with Crippen LogP contribution in [-0.2, 0) is 4.79 Å². The summed E-state index contributed by atoms with van der Waals surface area (Å²) in [6, 6.07) is 0. The summed E-state index contributed by atoms with van der Waals surface area (Å²) in [4.78, 5) is 9.85. The monoisotopic (exact) mass is 148 g/mol. The molecule has 0 aliphatic rings. The summed E-state index contributed by atoms with van der Waals surface area (Å²) in [5, 5.41) is 2.98. The number of halogens is 2. The van der Waals surface area contributed by atoms with Gasteiger partial charge in [0.2, 0.25) is 6.41 Å². The molecule has 0 aliphatic heterocycles. The minimum atomic E-state index is -0.691. The molecule has 0 bridgehead atoms. The number of hydrogen-bond acceptors (Lipinski definition) is 2. The maximum absolute atomic E-state index is 12.2. The number of carbonyl (C=O) groups excluding carboxylic acids is 1. The summed E-state index contributed by atoms with van der Waals surface area (Å²) in [5.74, 6) is -0.691.